The lowest BCUT2D eigenvalue weighted by Crippen LogP contribution is -2.10. The molecule has 21 heavy (non-hydrogen) atoms. The fourth-order valence-corrected chi connectivity index (χ4v) is 2.08. The van der Waals surface area contributed by atoms with Gasteiger partial charge in [0.05, 0.1) is 0 Å². The van der Waals surface area contributed by atoms with Crippen molar-refractivity contribution in [3.05, 3.63) is 76.9 Å². The molecule has 1 heteroatoms. The zero-order valence-electron chi connectivity index (χ0n) is 13.2. The second-order valence-corrected chi connectivity index (χ2v) is 6.44. The summed E-state index contributed by atoms with van der Waals surface area (Å²) in [4.78, 5) is 12.1. The number of rotatable bonds is 3. The summed E-state index contributed by atoms with van der Waals surface area (Å²) >= 11 is 0. The molecule has 0 aliphatic rings. The van der Waals surface area contributed by atoms with Crippen molar-refractivity contribution in [1.82, 2.24) is 0 Å². The summed E-state index contributed by atoms with van der Waals surface area (Å²) in [5.41, 5.74) is 4.38. The van der Waals surface area contributed by atoms with E-state index in [1.165, 1.54) is 5.56 Å². The summed E-state index contributed by atoms with van der Waals surface area (Å²) in [6.45, 7) is 8.59. The molecule has 0 fully saturated rings. The fourth-order valence-electron chi connectivity index (χ4n) is 2.08. The quantitative estimate of drug-likeness (QED) is 0.558. The van der Waals surface area contributed by atoms with E-state index in [1.807, 2.05) is 37.3 Å². The highest BCUT2D eigenvalue weighted by Gasteiger charge is 2.12. The number of aryl methyl sites for hydroxylation is 1. The molecular formula is C20H22O. The van der Waals surface area contributed by atoms with Gasteiger partial charge in [0, 0.05) is 5.56 Å². The highest BCUT2D eigenvalue weighted by atomic mass is 16.1. The van der Waals surface area contributed by atoms with Gasteiger partial charge in [-0.05, 0) is 29.5 Å². The van der Waals surface area contributed by atoms with Crippen molar-refractivity contribution in [1.29, 1.82) is 0 Å². The van der Waals surface area contributed by atoms with E-state index >= 15 is 0 Å². The van der Waals surface area contributed by atoms with Crippen molar-refractivity contribution in [2.75, 3.05) is 0 Å². The van der Waals surface area contributed by atoms with Gasteiger partial charge in [-0.2, -0.15) is 0 Å². The molecule has 108 valence electrons. The summed E-state index contributed by atoms with van der Waals surface area (Å²) in [7, 11) is 0. The predicted molar refractivity (Wildman–Crippen MR) is 89.7 cm³/mol. The predicted octanol–water partition coefficient (Wildman–Crippen LogP) is 5.19. The minimum Gasteiger partial charge on any atom is -0.289 e. The standard InChI is InChI=1S/C20H22O/c1-15-5-10-17(11-6-15)19(21)14-9-16-7-12-18(13-8-16)20(2,3)4/h5-14H,1-4H3/b14-9+. The van der Waals surface area contributed by atoms with Crippen LogP contribution in [-0.2, 0) is 5.41 Å². The van der Waals surface area contributed by atoms with Crippen LogP contribution < -0.4 is 0 Å². The Morgan fingerprint density at radius 3 is 2.00 bits per heavy atom. The highest BCUT2D eigenvalue weighted by molar-refractivity contribution is 6.06. The SMILES string of the molecule is Cc1ccc(C(=O)/C=C/c2ccc(C(C)(C)C)cc2)cc1. The molecule has 0 saturated heterocycles. The Labute approximate surface area is 127 Å². The number of carbonyl (C=O) groups is 1. The van der Waals surface area contributed by atoms with Gasteiger partial charge in [-0.3, -0.25) is 4.79 Å². The Balaban J connectivity index is 2.10. The Kier molecular flexibility index (Phi) is 4.42. The van der Waals surface area contributed by atoms with Crippen molar-refractivity contribution in [3.63, 3.8) is 0 Å². The van der Waals surface area contributed by atoms with E-state index in [-0.39, 0.29) is 11.2 Å². The van der Waals surface area contributed by atoms with Gasteiger partial charge in [-0.15, -0.1) is 0 Å². The van der Waals surface area contributed by atoms with Crippen molar-refractivity contribution < 1.29 is 4.79 Å². The molecule has 0 aliphatic carbocycles. The average Bonchev–Trinajstić information content (AvgIpc) is 2.45. The van der Waals surface area contributed by atoms with Crippen LogP contribution in [0.4, 0.5) is 0 Å². The van der Waals surface area contributed by atoms with E-state index in [9.17, 15) is 4.79 Å². The van der Waals surface area contributed by atoms with Gasteiger partial charge in [0.25, 0.3) is 0 Å². The van der Waals surface area contributed by atoms with Crippen LogP contribution in [0.5, 0.6) is 0 Å². The van der Waals surface area contributed by atoms with Crippen LogP contribution >= 0.6 is 0 Å². The molecule has 0 bridgehead atoms. The van der Waals surface area contributed by atoms with Gasteiger partial charge < -0.3 is 0 Å². The van der Waals surface area contributed by atoms with Crippen LogP contribution in [0, 0.1) is 6.92 Å². The maximum atomic E-state index is 12.1. The third-order valence-electron chi connectivity index (χ3n) is 3.54. The maximum absolute atomic E-state index is 12.1. The Morgan fingerprint density at radius 2 is 1.48 bits per heavy atom. The lowest BCUT2D eigenvalue weighted by Gasteiger charge is -2.18. The second kappa shape index (κ2) is 6.09. The lowest BCUT2D eigenvalue weighted by atomic mass is 9.87. The summed E-state index contributed by atoms with van der Waals surface area (Å²) < 4.78 is 0. The fraction of sp³-hybridized carbons (Fsp3) is 0.250. The van der Waals surface area contributed by atoms with E-state index in [2.05, 4.69) is 45.0 Å². The van der Waals surface area contributed by atoms with Crippen molar-refractivity contribution in [2.45, 2.75) is 33.1 Å². The normalized spacial score (nSPS) is 11.8. The Hall–Kier alpha value is -2.15. The molecule has 2 rings (SSSR count). The van der Waals surface area contributed by atoms with E-state index < -0.39 is 0 Å². The van der Waals surface area contributed by atoms with Crippen molar-refractivity contribution >= 4 is 11.9 Å². The smallest absolute Gasteiger partial charge is 0.185 e. The van der Waals surface area contributed by atoms with E-state index in [4.69, 9.17) is 0 Å². The van der Waals surface area contributed by atoms with Crippen molar-refractivity contribution in [3.8, 4) is 0 Å². The number of benzene rings is 2. The molecule has 0 saturated carbocycles. The summed E-state index contributed by atoms with van der Waals surface area (Å²) in [6, 6.07) is 16.0. The summed E-state index contributed by atoms with van der Waals surface area (Å²) in [5.74, 6) is 0.0369. The van der Waals surface area contributed by atoms with Gasteiger partial charge in [-0.1, -0.05) is 80.9 Å². The topological polar surface area (TPSA) is 17.1 Å². The van der Waals surface area contributed by atoms with Crippen LogP contribution in [0.25, 0.3) is 6.08 Å². The number of ketones is 1. The molecule has 0 amide bonds. The first-order chi connectivity index (χ1) is 9.86. The summed E-state index contributed by atoms with van der Waals surface area (Å²) in [5, 5.41) is 0. The molecule has 2 aromatic rings. The second-order valence-electron chi connectivity index (χ2n) is 6.44. The van der Waals surface area contributed by atoms with Gasteiger partial charge in [0.15, 0.2) is 5.78 Å². The highest BCUT2D eigenvalue weighted by Crippen LogP contribution is 2.22. The monoisotopic (exact) mass is 278 g/mol. The first-order valence-electron chi connectivity index (χ1n) is 7.26. The number of carbonyl (C=O) groups excluding carboxylic acids is 1. The molecule has 0 radical (unpaired) electrons. The molecule has 0 N–H and O–H groups in total. The molecule has 0 atom stereocenters. The first kappa shape index (κ1) is 15.2. The van der Waals surface area contributed by atoms with E-state index in [1.54, 1.807) is 6.08 Å². The van der Waals surface area contributed by atoms with Crippen LogP contribution in [0.15, 0.2) is 54.6 Å². The number of allylic oxidation sites excluding steroid dienone is 1. The van der Waals surface area contributed by atoms with Crippen LogP contribution in [0.2, 0.25) is 0 Å². The zero-order valence-corrected chi connectivity index (χ0v) is 13.2. The third kappa shape index (κ3) is 4.16. The van der Waals surface area contributed by atoms with Gasteiger partial charge in [0.1, 0.15) is 0 Å². The first-order valence-corrected chi connectivity index (χ1v) is 7.26. The molecule has 2 aromatic carbocycles. The maximum Gasteiger partial charge on any atom is 0.185 e. The number of hydrogen-bond acceptors (Lipinski definition) is 1. The minimum absolute atomic E-state index is 0.0369. The van der Waals surface area contributed by atoms with E-state index in [0.717, 1.165) is 16.7 Å². The third-order valence-corrected chi connectivity index (χ3v) is 3.54. The van der Waals surface area contributed by atoms with Crippen LogP contribution in [0.1, 0.15) is 47.8 Å². The van der Waals surface area contributed by atoms with Gasteiger partial charge in [-0.25, -0.2) is 0 Å². The van der Waals surface area contributed by atoms with Crippen LogP contribution in [-0.4, -0.2) is 5.78 Å². The Bertz CT molecular complexity index is 638. The molecule has 0 aliphatic heterocycles. The molecule has 0 spiro atoms. The molecule has 1 nitrogen and oxygen atoms in total. The van der Waals surface area contributed by atoms with E-state index in [0.29, 0.717) is 0 Å². The van der Waals surface area contributed by atoms with Gasteiger partial charge >= 0.3 is 0 Å². The Morgan fingerprint density at radius 1 is 0.905 bits per heavy atom. The van der Waals surface area contributed by atoms with Crippen molar-refractivity contribution in [2.24, 2.45) is 0 Å². The number of hydrogen-bond donors (Lipinski definition) is 0. The molecule has 0 unspecified atom stereocenters. The molecule has 0 aromatic heterocycles. The average molecular weight is 278 g/mol. The lowest BCUT2D eigenvalue weighted by molar-refractivity contribution is 0.104. The minimum atomic E-state index is 0.0369. The van der Waals surface area contributed by atoms with Crippen LogP contribution in [0.3, 0.4) is 0 Å². The zero-order chi connectivity index (χ0) is 15.5. The largest absolute Gasteiger partial charge is 0.289 e. The molecular weight excluding hydrogens is 256 g/mol. The molecule has 0 heterocycles. The summed E-state index contributed by atoms with van der Waals surface area (Å²) in [6.07, 6.45) is 3.51. The van der Waals surface area contributed by atoms with Gasteiger partial charge in [0.2, 0.25) is 0 Å².